The van der Waals surface area contributed by atoms with E-state index >= 15 is 0 Å². The molecule has 0 saturated heterocycles. The van der Waals surface area contributed by atoms with Gasteiger partial charge < -0.3 is 0 Å². The molecular formula is C16H13F3O2S. The number of halogens is 3. The Kier molecular flexibility index (Phi) is 4.42. The second-order valence-corrected chi connectivity index (χ2v) is 6.74. The van der Waals surface area contributed by atoms with Crippen LogP contribution < -0.4 is 0 Å². The van der Waals surface area contributed by atoms with Gasteiger partial charge in [-0.1, -0.05) is 36.9 Å². The molecule has 0 atom stereocenters. The molecule has 2 aromatic rings. The minimum atomic E-state index is -4.42. The fraction of sp³-hybridized carbons (Fsp3) is 0.125. The minimum Gasteiger partial charge on any atom is -0.223 e. The Bertz CT molecular complexity index is 761. The summed E-state index contributed by atoms with van der Waals surface area (Å²) in [4.78, 5) is 0.156. The first kappa shape index (κ1) is 16.3. The lowest BCUT2D eigenvalue weighted by molar-refractivity contribution is -0.137. The summed E-state index contributed by atoms with van der Waals surface area (Å²) in [6.45, 7) is 3.67. The lowest BCUT2D eigenvalue weighted by Gasteiger charge is -2.10. The van der Waals surface area contributed by atoms with E-state index in [0.29, 0.717) is 5.56 Å². The summed E-state index contributed by atoms with van der Waals surface area (Å²) in [6, 6.07) is 12.1. The van der Waals surface area contributed by atoms with Gasteiger partial charge in [-0.3, -0.25) is 0 Å². The van der Waals surface area contributed by atoms with E-state index in [9.17, 15) is 21.6 Å². The molecule has 6 heteroatoms. The van der Waals surface area contributed by atoms with Gasteiger partial charge in [-0.15, -0.1) is 0 Å². The summed E-state index contributed by atoms with van der Waals surface area (Å²) in [7, 11) is -3.57. The predicted octanol–water partition coefficient (Wildman–Crippen LogP) is 4.19. The van der Waals surface area contributed by atoms with Crippen molar-refractivity contribution in [3.8, 4) is 0 Å². The Morgan fingerprint density at radius 3 is 2.00 bits per heavy atom. The maximum absolute atomic E-state index is 12.5. The molecule has 0 aliphatic rings. The second-order valence-electron chi connectivity index (χ2n) is 4.75. The highest BCUT2D eigenvalue weighted by molar-refractivity contribution is 7.91. The molecule has 0 amide bonds. The van der Waals surface area contributed by atoms with Gasteiger partial charge >= 0.3 is 6.18 Å². The van der Waals surface area contributed by atoms with E-state index in [1.807, 2.05) is 0 Å². The van der Waals surface area contributed by atoms with Crippen molar-refractivity contribution in [2.45, 2.75) is 11.1 Å². The Labute approximate surface area is 126 Å². The maximum Gasteiger partial charge on any atom is 0.416 e. The molecule has 22 heavy (non-hydrogen) atoms. The van der Waals surface area contributed by atoms with Gasteiger partial charge in [0.05, 0.1) is 16.2 Å². The molecule has 0 aliphatic heterocycles. The van der Waals surface area contributed by atoms with Crippen molar-refractivity contribution in [1.82, 2.24) is 0 Å². The van der Waals surface area contributed by atoms with Crippen LogP contribution in [0.4, 0.5) is 13.2 Å². The number of sulfone groups is 1. The molecule has 0 spiro atoms. The quantitative estimate of drug-likeness (QED) is 0.844. The third-order valence-electron chi connectivity index (χ3n) is 3.09. The van der Waals surface area contributed by atoms with Gasteiger partial charge in [0.2, 0.25) is 0 Å². The molecule has 0 N–H and O–H groups in total. The zero-order chi connectivity index (χ0) is 16.4. The van der Waals surface area contributed by atoms with Gasteiger partial charge in [0.1, 0.15) is 0 Å². The number of rotatable bonds is 4. The van der Waals surface area contributed by atoms with Crippen LogP contribution in [0.2, 0.25) is 0 Å². The van der Waals surface area contributed by atoms with Gasteiger partial charge in [0.25, 0.3) is 0 Å². The molecule has 0 fully saturated rings. The third-order valence-corrected chi connectivity index (χ3v) is 4.81. The van der Waals surface area contributed by atoms with Crippen LogP contribution in [0, 0.1) is 0 Å². The molecule has 2 rings (SSSR count). The number of hydrogen-bond acceptors (Lipinski definition) is 2. The SMILES string of the molecule is C=C(CS(=O)(=O)c1ccccc1)c1ccc(C(F)(F)F)cc1. The molecule has 0 bridgehead atoms. The summed E-state index contributed by atoms with van der Waals surface area (Å²) < 4.78 is 61.9. The number of alkyl halides is 3. The summed E-state index contributed by atoms with van der Waals surface area (Å²) in [5.41, 5.74) is -0.167. The Morgan fingerprint density at radius 2 is 1.50 bits per heavy atom. The van der Waals surface area contributed by atoms with Gasteiger partial charge in [0.15, 0.2) is 9.84 Å². The molecule has 0 aromatic heterocycles. The van der Waals surface area contributed by atoms with Crippen LogP contribution in [0.15, 0.2) is 66.1 Å². The molecule has 0 unspecified atom stereocenters. The lowest BCUT2D eigenvalue weighted by atomic mass is 10.1. The van der Waals surface area contributed by atoms with Crippen molar-refractivity contribution in [2.75, 3.05) is 5.75 Å². The zero-order valence-corrected chi connectivity index (χ0v) is 12.3. The largest absolute Gasteiger partial charge is 0.416 e. The highest BCUT2D eigenvalue weighted by atomic mass is 32.2. The minimum absolute atomic E-state index is 0.156. The van der Waals surface area contributed by atoms with E-state index < -0.39 is 21.6 Å². The average Bonchev–Trinajstić information content (AvgIpc) is 2.47. The van der Waals surface area contributed by atoms with Gasteiger partial charge in [0, 0.05) is 0 Å². The fourth-order valence-corrected chi connectivity index (χ4v) is 3.28. The third kappa shape index (κ3) is 3.76. The summed E-state index contributed by atoms with van der Waals surface area (Å²) >= 11 is 0. The lowest BCUT2D eigenvalue weighted by Crippen LogP contribution is -2.09. The van der Waals surface area contributed by atoms with Crippen molar-refractivity contribution in [2.24, 2.45) is 0 Å². The maximum atomic E-state index is 12.5. The van der Waals surface area contributed by atoms with E-state index in [-0.39, 0.29) is 16.2 Å². The van der Waals surface area contributed by atoms with E-state index in [2.05, 4.69) is 6.58 Å². The fourth-order valence-electron chi connectivity index (χ4n) is 1.92. The Balaban J connectivity index is 2.19. The van der Waals surface area contributed by atoms with E-state index in [1.54, 1.807) is 18.2 Å². The van der Waals surface area contributed by atoms with Gasteiger partial charge in [-0.2, -0.15) is 13.2 Å². The van der Waals surface area contributed by atoms with Crippen LogP contribution in [-0.2, 0) is 16.0 Å². The van der Waals surface area contributed by atoms with Crippen molar-refractivity contribution in [3.63, 3.8) is 0 Å². The zero-order valence-electron chi connectivity index (χ0n) is 11.5. The average molecular weight is 326 g/mol. The standard InChI is InChI=1S/C16H13F3O2S/c1-12(11-22(20,21)15-5-3-2-4-6-15)13-7-9-14(10-8-13)16(17,18)19/h2-10H,1,11H2. The molecule has 116 valence electrons. The second kappa shape index (κ2) is 5.96. The Morgan fingerprint density at radius 1 is 0.955 bits per heavy atom. The number of hydrogen-bond donors (Lipinski definition) is 0. The molecular weight excluding hydrogens is 313 g/mol. The van der Waals surface area contributed by atoms with Crippen LogP contribution in [0.5, 0.6) is 0 Å². The molecule has 0 radical (unpaired) electrons. The van der Waals surface area contributed by atoms with E-state index in [0.717, 1.165) is 12.1 Å². The normalized spacial score (nSPS) is 12.1. The van der Waals surface area contributed by atoms with E-state index in [4.69, 9.17) is 0 Å². The van der Waals surface area contributed by atoms with Crippen molar-refractivity contribution < 1.29 is 21.6 Å². The topological polar surface area (TPSA) is 34.1 Å². The van der Waals surface area contributed by atoms with Gasteiger partial charge in [-0.25, -0.2) is 8.42 Å². The summed E-state index contributed by atoms with van der Waals surface area (Å²) in [5.74, 6) is -0.345. The molecule has 2 aromatic carbocycles. The highest BCUT2D eigenvalue weighted by Gasteiger charge is 2.30. The first-order chi connectivity index (χ1) is 10.2. The highest BCUT2D eigenvalue weighted by Crippen LogP contribution is 2.30. The predicted molar refractivity (Wildman–Crippen MR) is 79.0 cm³/mol. The van der Waals surface area contributed by atoms with Crippen LogP contribution in [0.25, 0.3) is 5.57 Å². The number of benzene rings is 2. The first-order valence-electron chi connectivity index (χ1n) is 6.33. The summed E-state index contributed by atoms with van der Waals surface area (Å²) in [5, 5.41) is 0. The van der Waals surface area contributed by atoms with Crippen LogP contribution in [0.1, 0.15) is 11.1 Å². The smallest absolute Gasteiger partial charge is 0.223 e. The van der Waals surface area contributed by atoms with Crippen molar-refractivity contribution in [1.29, 1.82) is 0 Å². The monoisotopic (exact) mass is 326 g/mol. The molecule has 0 aliphatic carbocycles. The van der Waals surface area contributed by atoms with Crippen LogP contribution in [-0.4, -0.2) is 14.2 Å². The first-order valence-corrected chi connectivity index (χ1v) is 7.98. The molecule has 0 saturated carbocycles. The van der Waals surface area contributed by atoms with Gasteiger partial charge in [-0.05, 0) is 35.4 Å². The Hall–Kier alpha value is -2.08. The van der Waals surface area contributed by atoms with Crippen molar-refractivity contribution >= 4 is 15.4 Å². The van der Waals surface area contributed by atoms with Crippen LogP contribution in [0.3, 0.4) is 0 Å². The van der Waals surface area contributed by atoms with Crippen molar-refractivity contribution in [3.05, 3.63) is 72.3 Å². The van der Waals surface area contributed by atoms with E-state index in [1.165, 1.54) is 24.3 Å². The molecule has 2 nitrogen and oxygen atoms in total. The molecule has 0 heterocycles. The summed E-state index contributed by atoms with van der Waals surface area (Å²) in [6.07, 6.45) is -4.42. The van der Waals surface area contributed by atoms with Crippen LogP contribution >= 0.6 is 0 Å².